The summed E-state index contributed by atoms with van der Waals surface area (Å²) in [7, 11) is 1.94. The number of nitrogens with zero attached hydrogens (tertiary/aromatic N) is 2. The molecule has 0 saturated heterocycles. The van der Waals surface area contributed by atoms with Crippen LogP contribution in [0.25, 0.3) is 44.1 Å². The van der Waals surface area contributed by atoms with Crippen molar-refractivity contribution in [2.75, 3.05) is 6.61 Å². The topological polar surface area (TPSA) is 80.1 Å². The lowest BCUT2D eigenvalue weighted by atomic mass is 9.96. The lowest BCUT2D eigenvalue weighted by molar-refractivity contribution is 0.0690. The van der Waals surface area contributed by atoms with Crippen molar-refractivity contribution in [2.45, 2.75) is 19.8 Å². The zero-order chi connectivity index (χ0) is 26.9. The van der Waals surface area contributed by atoms with Crippen molar-refractivity contribution >= 4 is 27.6 Å². The third kappa shape index (κ3) is 4.44. The molecule has 39 heavy (non-hydrogen) atoms. The highest BCUT2D eigenvalue weighted by Crippen LogP contribution is 2.39. The van der Waals surface area contributed by atoms with Gasteiger partial charge in [-0.3, -0.25) is 4.68 Å². The van der Waals surface area contributed by atoms with Gasteiger partial charge in [0.05, 0.1) is 23.5 Å². The standard InChI is InChI=1S/C33H29N3O3/c1-21-29(32(36(2)35-21)23-12-4-3-5-13-23)27-17-9-16-25-26(31(33(37)38)34-30(25)27)18-10-20-39-28-19-8-14-22-11-6-7-15-24(22)28/h3-9,11-17,19,34H,10,18,20H2,1-2H3,(H,37,38). The highest BCUT2D eigenvalue weighted by Gasteiger charge is 2.23. The number of H-pyrrole nitrogens is 1. The number of para-hydroxylation sites is 1. The smallest absolute Gasteiger partial charge is 0.352 e. The van der Waals surface area contributed by atoms with E-state index < -0.39 is 5.97 Å². The van der Waals surface area contributed by atoms with E-state index in [1.54, 1.807) is 0 Å². The predicted octanol–water partition coefficient (Wildman–Crippen LogP) is 7.41. The van der Waals surface area contributed by atoms with E-state index in [1.807, 2.05) is 79.3 Å². The van der Waals surface area contributed by atoms with E-state index >= 15 is 0 Å². The minimum atomic E-state index is -0.965. The second kappa shape index (κ2) is 10.1. The molecule has 0 unspecified atom stereocenters. The van der Waals surface area contributed by atoms with Crippen LogP contribution in [0.15, 0.2) is 91.0 Å². The third-order valence-corrected chi connectivity index (χ3v) is 7.27. The first kappa shape index (κ1) is 24.5. The van der Waals surface area contributed by atoms with Crippen LogP contribution in [0.4, 0.5) is 0 Å². The molecule has 0 amide bonds. The number of carboxylic acid groups (broad SMARTS) is 1. The second-order valence-corrected chi connectivity index (χ2v) is 9.74. The Bertz CT molecular complexity index is 1810. The van der Waals surface area contributed by atoms with E-state index in [1.165, 1.54) is 0 Å². The van der Waals surface area contributed by atoms with E-state index in [9.17, 15) is 9.90 Å². The lowest BCUT2D eigenvalue weighted by Gasteiger charge is -2.10. The normalized spacial score (nSPS) is 11.3. The summed E-state index contributed by atoms with van der Waals surface area (Å²) in [6, 6.07) is 30.4. The van der Waals surface area contributed by atoms with Gasteiger partial charge in [0.1, 0.15) is 11.4 Å². The summed E-state index contributed by atoms with van der Waals surface area (Å²) < 4.78 is 8.03. The largest absolute Gasteiger partial charge is 0.493 e. The van der Waals surface area contributed by atoms with E-state index in [4.69, 9.17) is 9.84 Å². The number of aromatic amines is 1. The van der Waals surface area contributed by atoms with Gasteiger partial charge in [-0.15, -0.1) is 0 Å². The number of carbonyl (C=O) groups is 1. The molecule has 4 aromatic carbocycles. The fourth-order valence-electron chi connectivity index (χ4n) is 5.58. The van der Waals surface area contributed by atoms with Crippen LogP contribution in [-0.4, -0.2) is 32.4 Å². The predicted molar refractivity (Wildman–Crippen MR) is 155 cm³/mol. The number of hydrogen-bond acceptors (Lipinski definition) is 3. The van der Waals surface area contributed by atoms with Crippen molar-refractivity contribution in [3.05, 3.63) is 108 Å². The van der Waals surface area contributed by atoms with Gasteiger partial charge >= 0.3 is 5.97 Å². The van der Waals surface area contributed by atoms with Crippen molar-refractivity contribution in [3.8, 4) is 28.1 Å². The maximum Gasteiger partial charge on any atom is 0.352 e. The van der Waals surface area contributed by atoms with Crippen LogP contribution in [-0.2, 0) is 13.5 Å². The van der Waals surface area contributed by atoms with Crippen LogP contribution in [0.1, 0.15) is 28.2 Å². The first-order chi connectivity index (χ1) is 19.0. The zero-order valence-electron chi connectivity index (χ0n) is 21.9. The van der Waals surface area contributed by atoms with Crippen LogP contribution in [0.2, 0.25) is 0 Å². The molecule has 0 bridgehead atoms. The van der Waals surface area contributed by atoms with Gasteiger partial charge in [0.15, 0.2) is 0 Å². The van der Waals surface area contributed by atoms with Crippen LogP contribution < -0.4 is 4.74 Å². The van der Waals surface area contributed by atoms with Gasteiger partial charge in [0.25, 0.3) is 0 Å². The lowest BCUT2D eigenvalue weighted by Crippen LogP contribution is -2.04. The highest BCUT2D eigenvalue weighted by atomic mass is 16.5. The van der Waals surface area contributed by atoms with Crippen molar-refractivity contribution in [2.24, 2.45) is 7.05 Å². The number of aromatic carboxylic acids is 1. The maximum absolute atomic E-state index is 12.3. The second-order valence-electron chi connectivity index (χ2n) is 9.74. The average Bonchev–Trinajstić information content (AvgIpc) is 3.48. The number of ether oxygens (including phenoxy) is 1. The van der Waals surface area contributed by atoms with E-state index in [-0.39, 0.29) is 5.69 Å². The molecular formula is C33H29N3O3. The zero-order valence-corrected chi connectivity index (χ0v) is 21.9. The number of rotatable bonds is 8. The number of carboxylic acids is 1. The number of aromatic nitrogens is 3. The Morgan fingerprint density at radius 3 is 2.46 bits per heavy atom. The van der Waals surface area contributed by atoms with Gasteiger partial charge in [0.2, 0.25) is 0 Å². The molecule has 6 aromatic rings. The van der Waals surface area contributed by atoms with Gasteiger partial charge in [-0.05, 0) is 36.8 Å². The maximum atomic E-state index is 12.3. The third-order valence-electron chi connectivity index (χ3n) is 7.27. The summed E-state index contributed by atoms with van der Waals surface area (Å²) in [5.74, 6) is -0.124. The number of fused-ring (bicyclic) bond motifs is 2. The molecule has 6 heteroatoms. The fourth-order valence-corrected chi connectivity index (χ4v) is 5.58. The Balaban J connectivity index is 1.34. The van der Waals surface area contributed by atoms with Gasteiger partial charge in [-0.2, -0.15) is 5.10 Å². The molecular weight excluding hydrogens is 486 g/mol. The van der Waals surface area contributed by atoms with E-state index in [0.29, 0.717) is 19.4 Å². The Morgan fingerprint density at radius 1 is 0.923 bits per heavy atom. The fraction of sp³-hybridized carbons (Fsp3) is 0.152. The van der Waals surface area contributed by atoms with E-state index in [2.05, 4.69) is 35.3 Å². The molecule has 6 rings (SSSR count). The highest BCUT2D eigenvalue weighted by molar-refractivity contribution is 6.05. The Labute approximate surface area is 226 Å². The van der Waals surface area contributed by atoms with Crippen LogP contribution in [0.3, 0.4) is 0 Å². The van der Waals surface area contributed by atoms with Crippen molar-refractivity contribution in [1.29, 1.82) is 0 Å². The Morgan fingerprint density at radius 2 is 1.64 bits per heavy atom. The van der Waals surface area contributed by atoms with Crippen molar-refractivity contribution < 1.29 is 14.6 Å². The Hall–Kier alpha value is -4.84. The van der Waals surface area contributed by atoms with Crippen LogP contribution >= 0.6 is 0 Å². The summed E-state index contributed by atoms with van der Waals surface area (Å²) in [5.41, 5.74) is 6.72. The average molecular weight is 516 g/mol. The summed E-state index contributed by atoms with van der Waals surface area (Å²) in [6.45, 7) is 2.48. The van der Waals surface area contributed by atoms with Gasteiger partial charge in [-0.25, -0.2) is 4.79 Å². The molecule has 0 aliphatic rings. The van der Waals surface area contributed by atoms with Crippen molar-refractivity contribution in [3.63, 3.8) is 0 Å². The summed E-state index contributed by atoms with van der Waals surface area (Å²) in [6.07, 6.45) is 1.26. The first-order valence-electron chi connectivity index (χ1n) is 13.1. The van der Waals surface area contributed by atoms with Gasteiger partial charge in [0, 0.05) is 34.5 Å². The molecule has 0 radical (unpaired) electrons. The number of benzene rings is 4. The number of hydrogen-bond donors (Lipinski definition) is 2. The van der Waals surface area contributed by atoms with Crippen molar-refractivity contribution in [1.82, 2.24) is 14.8 Å². The summed E-state index contributed by atoms with van der Waals surface area (Å²) >= 11 is 0. The molecule has 0 saturated carbocycles. The van der Waals surface area contributed by atoms with Gasteiger partial charge < -0.3 is 14.8 Å². The van der Waals surface area contributed by atoms with Gasteiger partial charge in [-0.1, -0.05) is 84.9 Å². The monoisotopic (exact) mass is 515 g/mol. The molecule has 0 aliphatic heterocycles. The van der Waals surface area contributed by atoms with E-state index in [0.717, 1.165) is 61.1 Å². The quantitative estimate of drug-likeness (QED) is 0.207. The molecule has 2 N–H and O–H groups in total. The van der Waals surface area contributed by atoms with Crippen LogP contribution in [0, 0.1) is 6.92 Å². The SMILES string of the molecule is Cc1nn(C)c(-c2ccccc2)c1-c1cccc2c(CCCOc3cccc4ccccc34)c(C(=O)O)[nH]c12. The Kier molecular flexibility index (Phi) is 6.37. The molecule has 6 nitrogen and oxygen atoms in total. The molecule has 0 atom stereocenters. The molecule has 2 heterocycles. The summed E-state index contributed by atoms with van der Waals surface area (Å²) in [5, 5.41) is 17.9. The van der Waals surface area contributed by atoms with Crippen LogP contribution in [0.5, 0.6) is 5.75 Å². The molecule has 2 aromatic heterocycles. The minimum Gasteiger partial charge on any atom is -0.493 e. The number of aryl methyl sites for hydroxylation is 3. The molecule has 0 fully saturated rings. The molecule has 194 valence electrons. The first-order valence-corrected chi connectivity index (χ1v) is 13.1. The molecule has 0 aliphatic carbocycles. The minimum absolute atomic E-state index is 0.227. The molecule has 0 spiro atoms. The number of nitrogens with one attached hydrogen (secondary N) is 1. The summed E-state index contributed by atoms with van der Waals surface area (Å²) in [4.78, 5) is 15.6.